The molecule has 1 aromatic heterocycles. The zero-order chi connectivity index (χ0) is 18.9. The lowest BCUT2D eigenvalue weighted by atomic mass is 10.1. The highest BCUT2D eigenvalue weighted by Gasteiger charge is 2.22. The molecule has 26 heavy (non-hydrogen) atoms. The fourth-order valence-corrected chi connectivity index (χ4v) is 3.26. The first kappa shape index (κ1) is 18.0. The summed E-state index contributed by atoms with van der Waals surface area (Å²) in [5.41, 5.74) is 1.52. The van der Waals surface area contributed by atoms with Crippen LogP contribution in [0.15, 0.2) is 59.0 Å². The number of para-hydroxylation sites is 1. The summed E-state index contributed by atoms with van der Waals surface area (Å²) >= 11 is 0. The number of benzene rings is 2. The second kappa shape index (κ2) is 6.84. The zero-order valence-electron chi connectivity index (χ0n) is 14.8. The van der Waals surface area contributed by atoms with Crippen LogP contribution >= 0.6 is 0 Å². The van der Waals surface area contributed by atoms with Crippen molar-refractivity contribution in [2.45, 2.75) is 13.0 Å². The molecule has 0 aliphatic heterocycles. The molecule has 0 saturated heterocycles. The number of amides is 1. The maximum Gasteiger partial charge on any atom is 0.254 e. The molecule has 1 atom stereocenters. The Kier molecular flexibility index (Phi) is 4.73. The van der Waals surface area contributed by atoms with Crippen LogP contribution in [0.5, 0.6) is 0 Å². The van der Waals surface area contributed by atoms with Gasteiger partial charge in [0.05, 0.1) is 12.3 Å². The van der Waals surface area contributed by atoms with Crippen LogP contribution in [0.3, 0.4) is 0 Å². The van der Waals surface area contributed by atoms with Gasteiger partial charge in [0.1, 0.15) is 11.3 Å². The van der Waals surface area contributed by atoms with Crippen molar-refractivity contribution in [1.82, 2.24) is 4.90 Å². The number of hydrogen-bond acceptors (Lipinski definition) is 4. The van der Waals surface area contributed by atoms with Crippen LogP contribution in [0, 0.1) is 0 Å². The van der Waals surface area contributed by atoms with Crippen LogP contribution in [0.25, 0.3) is 11.0 Å². The third-order valence-electron chi connectivity index (χ3n) is 4.17. The third-order valence-corrected chi connectivity index (χ3v) is 4.78. The van der Waals surface area contributed by atoms with Crippen molar-refractivity contribution in [2.75, 3.05) is 18.0 Å². The molecule has 0 spiro atoms. The standard InChI is InChI=1S/C19H20N2O4S/c1-13(18-12-14-7-4-5-10-17(14)25-18)21(2)19(22)15-8-6-9-16(11-15)20-26(3,23)24/h4-13,20H,1-3H3. The van der Waals surface area contributed by atoms with Crippen molar-refractivity contribution in [3.8, 4) is 0 Å². The van der Waals surface area contributed by atoms with Gasteiger partial charge in [0.25, 0.3) is 5.91 Å². The lowest BCUT2D eigenvalue weighted by Gasteiger charge is -2.23. The number of carbonyl (C=O) groups excluding carboxylic acids is 1. The van der Waals surface area contributed by atoms with Gasteiger partial charge in [0.15, 0.2) is 0 Å². The van der Waals surface area contributed by atoms with Crippen molar-refractivity contribution in [2.24, 2.45) is 0 Å². The average Bonchev–Trinajstić information content (AvgIpc) is 3.02. The van der Waals surface area contributed by atoms with Crippen molar-refractivity contribution in [1.29, 1.82) is 0 Å². The number of hydrogen-bond donors (Lipinski definition) is 1. The smallest absolute Gasteiger partial charge is 0.254 e. The van der Waals surface area contributed by atoms with Crippen LogP contribution in [-0.4, -0.2) is 32.5 Å². The van der Waals surface area contributed by atoms with E-state index >= 15 is 0 Å². The zero-order valence-corrected chi connectivity index (χ0v) is 15.6. The van der Waals surface area contributed by atoms with Gasteiger partial charge in [-0.15, -0.1) is 0 Å². The second-order valence-electron chi connectivity index (χ2n) is 6.23. The fraction of sp³-hybridized carbons (Fsp3) is 0.211. The Morgan fingerprint density at radius 2 is 1.85 bits per heavy atom. The van der Waals surface area contributed by atoms with E-state index < -0.39 is 10.0 Å². The van der Waals surface area contributed by atoms with Gasteiger partial charge >= 0.3 is 0 Å². The first-order valence-corrected chi connectivity index (χ1v) is 9.97. The van der Waals surface area contributed by atoms with E-state index in [1.54, 1.807) is 30.1 Å². The minimum absolute atomic E-state index is 0.227. The van der Waals surface area contributed by atoms with Gasteiger partial charge in [-0.2, -0.15) is 0 Å². The lowest BCUT2D eigenvalue weighted by molar-refractivity contribution is 0.0727. The molecule has 0 aliphatic rings. The summed E-state index contributed by atoms with van der Waals surface area (Å²) in [4.78, 5) is 14.4. The summed E-state index contributed by atoms with van der Waals surface area (Å²) < 4.78 is 31.0. The minimum Gasteiger partial charge on any atom is -0.459 e. The minimum atomic E-state index is -3.40. The molecule has 1 heterocycles. The average molecular weight is 372 g/mol. The number of furan rings is 1. The normalized spacial score (nSPS) is 12.7. The van der Waals surface area contributed by atoms with Gasteiger partial charge in [0, 0.05) is 23.7 Å². The molecule has 2 aromatic carbocycles. The van der Waals surface area contributed by atoms with Crippen LogP contribution in [0.1, 0.15) is 29.1 Å². The summed E-state index contributed by atoms with van der Waals surface area (Å²) in [6.07, 6.45) is 1.07. The number of nitrogens with zero attached hydrogens (tertiary/aromatic N) is 1. The van der Waals surface area contributed by atoms with E-state index in [1.807, 2.05) is 37.3 Å². The van der Waals surface area contributed by atoms with E-state index in [0.29, 0.717) is 17.0 Å². The van der Waals surface area contributed by atoms with Crippen molar-refractivity contribution in [3.63, 3.8) is 0 Å². The van der Waals surface area contributed by atoms with Crippen LogP contribution in [0.4, 0.5) is 5.69 Å². The van der Waals surface area contributed by atoms with Gasteiger partial charge < -0.3 is 9.32 Å². The summed E-state index contributed by atoms with van der Waals surface area (Å²) in [6.45, 7) is 1.88. The largest absolute Gasteiger partial charge is 0.459 e. The fourth-order valence-electron chi connectivity index (χ4n) is 2.71. The molecule has 1 amide bonds. The Labute approximate surface area is 152 Å². The maximum atomic E-state index is 12.8. The van der Waals surface area contributed by atoms with Gasteiger partial charge in [-0.1, -0.05) is 24.3 Å². The lowest BCUT2D eigenvalue weighted by Crippen LogP contribution is -2.29. The number of rotatable bonds is 5. The van der Waals surface area contributed by atoms with Gasteiger partial charge in [-0.3, -0.25) is 9.52 Å². The quantitative estimate of drug-likeness (QED) is 0.741. The molecule has 0 saturated carbocycles. The Bertz CT molecular complexity index is 1020. The van der Waals surface area contributed by atoms with Crippen LogP contribution < -0.4 is 4.72 Å². The van der Waals surface area contributed by atoms with Gasteiger partial charge in [0.2, 0.25) is 10.0 Å². The number of fused-ring (bicyclic) bond motifs is 1. The number of anilines is 1. The molecule has 0 aliphatic carbocycles. The Morgan fingerprint density at radius 1 is 1.12 bits per heavy atom. The Balaban J connectivity index is 1.83. The SMILES string of the molecule is CC(c1cc2ccccc2o1)N(C)C(=O)c1cccc(NS(C)(=O)=O)c1. The van der Waals surface area contributed by atoms with Crippen molar-refractivity contribution in [3.05, 3.63) is 65.9 Å². The number of nitrogens with one attached hydrogen (secondary N) is 1. The Hall–Kier alpha value is -2.80. The molecule has 136 valence electrons. The summed E-state index contributed by atoms with van der Waals surface area (Å²) in [5, 5.41) is 0.981. The van der Waals surface area contributed by atoms with E-state index in [2.05, 4.69) is 4.72 Å². The van der Waals surface area contributed by atoms with Crippen molar-refractivity contribution >= 4 is 32.6 Å². The summed E-state index contributed by atoms with van der Waals surface area (Å²) in [5.74, 6) is 0.461. The molecule has 3 aromatic rings. The topological polar surface area (TPSA) is 79.6 Å². The number of sulfonamides is 1. The molecule has 7 heteroatoms. The first-order valence-electron chi connectivity index (χ1n) is 8.08. The maximum absolute atomic E-state index is 12.8. The molecule has 0 radical (unpaired) electrons. The predicted molar refractivity (Wildman–Crippen MR) is 102 cm³/mol. The monoisotopic (exact) mass is 372 g/mol. The highest BCUT2D eigenvalue weighted by atomic mass is 32.2. The first-order chi connectivity index (χ1) is 12.2. The molecule has 0 fully saturated rings. The third kappa shape index (κ3) is 3.88. The van der Waals surface area contributed by atoms with Gasteiger partial charge in [-0.25, -0.2) is 8.42 Å². The van der Waals surface area contributed by atoms with Crippen LogP contribution in [0.2, 0.25) is 0 Å². The highest BCUT2D eigenvalue weighted by molar-refractivity contribution is 7.92. The highest BCUT2D eigenvalue weighted by Crippen LogP contribution is 2.27. The molecule has 1 N–H and O–H groups in total. The molecular formula is C19H20N2O4S. The molecule has 6 nitrogen and oxygen atoms in total. The van der Waals surface area contributed by atoms with E-state index in [-0.39, 0.29) is 11.9 Å². The second-order valence-corrected chi connectivity index (χ2v) is 7.98. The summed E-state index contributed by atoms with van der Waals surface area (Å²) in [7, 11) is -1.71. The molecule has 0 bridgehead atoms. The molecular weight excluding hydrogens is 352 g/mol. The van der Waals surface area contributed by atoms with Crippen molar-refractivity contribution < 1.29 is 17.6 Å². The van der Waals surface area contributed by atoms with E-state index in [0.717, 1.165) is 17.2 Å². The van der Waals surface area contributed by atoms with Crippen LogP contribution in [-0.2, 0) is 10.0 Å². The summed E-state index contributed by atoms with van der Waals surface area (Å²) in [6, 6.07) is 15.7. The van der Waals surface area contributed by atoms with E-state index in [9.17, 15) is 13.2 Å². The van der Waals surface area contributed by atoms with Gasteiger partial charge in [-0.05, 0) is 37.3 Å². The molecule has 1 unspecified atom stereocenters. The molecule has 3 rings (SSSR count). The predicted octanol–water partition coefficient (Wildman–Crippen LogP) is 3.64. The van der Waals surface area contributed by atoms with E-state index in [4.69, 9.17) is 4.42 Å². The van der Waals surface area contributed by atoms with E-state index in [1.165, 1.54) is 6.07 Å². The Morgan fingerprint density at radius 3 is 2.54 bits per heavy atom. The number of carbonyl (C=O) groups is 1.